The largest absolute Gasteiger partial charge is 0.507 e. The standard InChI is InChI=1S/C15H19NO/c1-3-11(4-2)16-14-9-10-15(17)13-8-6-5-7-12(13)14/h5-11,16-17H,3-4H2,1-2H3. The van der Waals surface area contributed by atoms with Crippen LogP contribution in [0.3, 0.4) is 0 Å². The van der Waals surface area contributed by atoms with E-state index in [2.05, 4.69) is 19.2 Å². The summed E-state index contributed by atoms with van der Waals surface area (Å²) in [5.74, 6) is 0.343. The molecule has 0 aliphatic heterocycles. The summed E-state index contributed by atoms with van der Waals surface area (Å²) in [6.45, 7) is 4.37. The molecule has 0 aliphatic carbocycles. The lowest BCUT2D eigenvalue weighted by atomic mass is 10.1. The summed E-state index contributed by atoms with van der Waals surface area (Å²) < 4.78 is 0. The van der Waals surface area contributed by atoms with E-state index in [-0.39, 0.29) is 0 Å². The summed E-state index contributed by atoms with van der Waals surface area (Å²) >= 11 is 0. The Morgan fingerprint density at radius 3 is 2.29 bits per heavy atom. The van der Waals surface area contributed by atoms with E-state index < -0.39 is 0 Å². The van der Waals surface area contributed by atoms with Crippen LogP contribution in [0.4, 0.5) is 5.69 Å². The van der Waals surface area contributed by atoms with Gasteiger partial charge in [-0.3, -0.25) is 0 Å². The van der Waals surface area contributed by atoms with Crippen LogP contribution in [-0.4, -0.2) is 11.1 Å². The van der Waals surface area contributed by atoms with Gasteiger partial charge in [0.15, 0.2) is 0 Å². The van der Waals surface area contributed by atoms with Crippen LogP contribution in [0.25, 0.3) is 10.8 Å². The number of phenolic OH excluding ortho intramolecular Hbond substituents is 1. The van der Waals surface area contributed by atoms with E-state index in [0.29, 0.717) is 11.8 Å². The van der Waals surface area contributed by atoms with Gasteiger partial charge in [0.25, 0.3) is 0 Å². The van der Waals surface area contributed by atoms with Crippen molar-refractivity contribution in [3.05, 3.63) is 36.4 Å². The molecule has 2 aromatic carbocycles. The minimum atomic E-state index is 0.343. The Morgan fingerprint density at radius 2 is 1.65 bits per heavy atom. The minimum absolute atomic E-state index is 0.343. The van der Waals surface area contributed by atoms with Gasteiger partial charge < -0.3 is 10.4 Å². The number of fused-ring (bicyclic) bond motifs is 1. The van der Waals surface area contributed by atoms with Crippen LogP contribution in [0.1, 0.15) is 26.7 Å². The molecule has 0 fully saturated rings. The first kappa shape index (κ1) is 11.8. The fraction of sp³-hybridized carbons (Fsp3) is 0.333. The average Bonchev–Trinajstić information content (AvgIpc) is 2.38. The van der Waals surface area contributed by atoms with Crippen molar-refractivity contribution < 1.29 is 5.11 Å². The van der Waals surface area contributed by atoms with Gasteiger partial charge in [-0.2, -0.15) is 0 Å². The predicted molar refractivity (Wildman–Crippen MR) is 73.6 cm³/mol. The Bertz CT molecular complexity index is 503. The van der Waals surface area contributed by atoms with E-state index in [0.717, 1.165) is 29.3 Å². The summed E-state index contributed by atoms with van der Waals surface area (Å²) in [6, 6.07) is 12.1. The highest BCUT2D eigenvalue weighted by molar-refractivity contribution is 5.97. The number of anilines is 1. The number of hydrogen-bond acceptors (Lipinski definition) is 2. The molecule has 0 amide bonds. The number of phenols is 1. The van der Waals surface area contributed by atoms with Gasteiger partial charge in [0.2, 0.25) is 0 Å². The van der Waals surface area contributed by atoms with E-state index in [9.17, 15) is 5.11 Å². The smallest absolute Gasteiger partial charge is 0.123 e. The number of hydrogen-bond donors (Lipinski definition) is 2. The van der Waals surface area contributed by atoms with Crippen molar-refractivity contribution in [2.24, 2.45) is 0 Å². The first-order chi connectivity index (χ1) is 8.26. The number of benzene rings is 2. The molecule has 2 nitrogen and oxygen atoms in total. The van der Waals surface area contributed by atoms with Crippen LogP contribution < -0.4 is 5.32 Å². The fourth-order valence-electron chi connectivity index (χ4n) is 2.12. The van der Waals surface area contributed by atoms with Gasteiger partial charge in [0.1, 0.15) is 5.75 Å². The zero-order chi connectivity index (χ0) is 12.3. The lowest BCUT2D eigenvalue weighted by Gasteiger charge is -2.18. The Balaban J connectivity index is 2.44. The number of aromatic hydroxyl groups is 1. The van der Waals surface area contributed by atoms with Crippen LogP contribution in [0.15, 0.2) is 36.4 Å². The molecule has 0 bridgehead atoms. The van der Waals surface area contributed by atoms with Crippen LogP contribution in [0.2, 0.25) is 0 Å². The molecule has 90 valence electrons. The zero-order valence-corrected chi connectivity index (χ0v) is 10.4. The highest BCUT2D eigenvalue weighted by Crippen LogP contribution is 2.31. The van der Waals surface area contributed by atoms with Crippen LogP contribution in [0.5, 0.6) is 5.75 Å². The molecule has 2 heteroatoms. The quantitative estimate of drug-likeness (QED) is 0.772. The van der Waals surface area contributed by atoms with Gasteiger partial charge in [-0.1, -0.05) is 38.1 Å². The Kier molecular flexibility index (Phi) is 3.52. The highest BCUT2D eigenvalue weighted by atomic mass is 16.3. The van der Waals surface area contributed by atoms with E-state index in [4.69, 9.17) is 0 Å². The molecular weight excluding hydrogens is 210 g/mol. The summed E-state index contributed by atoms with van der Waals surface area (Å²) in [4.78, 5) is 0. The lowest BCUT2D eigenvalue weighted by molar-refractivity contribution is 0.481. The molecule has 2 aromatic rings. The van der Waals surface area contributed by atoms with Gasteiger partial charge in [0, 0.05) is 22.5 Å². The molecule has 17 heavy (non-hydrogen) atoms. The third-order valence-electron chi connectivity index (χ3n) is 3.25. The zero-order valence-electron chi connectivity index (χ0n) is 10.4. The third-order valence-corrected chi connectivity index (χ3v) is 3.25. The second kappa shape index (κ2) is 5.09. The summed E-state index contributed by atoms with van der Waals surface area (Å²) in [5.41, 5.74) is 1.10. The van der Waals surface area contributed by atoms with Crippen molar-refractivity contribution >= 4 is 16.5 Å². The predicted octanol–water partition coefficient (Wildman–Crippen LogP) is 4.15. The SMILES string of the molecule is CCC(CC)Nc1ccc(O)c2ccccc12. The van der Waals surface area contributed by atoms with Crippen LogP contribution in [0, 0.1) is 0 Å². The first-order valence-electron chi connectivity index (χ1n) is 6.23. The van der Waals surface area contributed by atoms with E-state index >= 15 is 0 Å². The minimum Gasteiger partial charge on any atom is -0.507 e. The second-order valence-corrected chi connectivity index (χ2v) is 4.34. The molecule has 2 N–H and O–H groups in total. The van der Waals surface area contributed by atoms with Crippen molar-refractivity contribution in [3.8, 4) is 5.75 Å². The molecule has 0 unspecified atom stereocenters. The summed E-state index contributed by atoms with van der Waals surface area (Å²) in [6.07, 6.45) is 2.21. The molecule has 0 heterocycles. The van der Waals surface area contributed by atoms with E-state index in [1.165, 1.54) is 0 Å². The van der Waals surface area contributed by atoms with Crippen LogP contribution in [-0.2, 0) is 0 Å². The van der Waals surface area contributed by atoms with Crippen molar-refractivity contribution in [2.45, 2.75) is 32.7 Å². The number of nitrogens with one attached hydrogen (secondary N) is 1. The Hall–Kier alpha value is -1.70. The van der Waals surface area contributed by atoms with Gasteiger partial charge in [-0.25, -0.2) is 0 Å². The monoisotopic (exact) mass is 229 g/mol. The fourth-order valence-corrected chi connectivity index (χ4v) is 2.12. The van der Waals surface area contributed by atoms with Crippen LogP contribution >= 0.6 is 0 Å². The summed E-state index contributed by atoms with van der Waals surface area (Å²) in [7, 11) is 0. The van der Waals surface area contributed by atoms with Gasteiger partial charge >= 0.3 is 0 Å². The highest BCUT2D eigenvalue weighted by Gasteiger charge is 2.08. The van der Waals surface area contributed by atoms with Crippen molar-refractivity contribution in [3.63, 3.8) is 0 Å². The van der Waals surface area contributed by atoms with Crippen molar-refractivity contribution in [1.29, 1.82) is 0 Å². The van der Waals surface area contributed by atoms with Crippen molar-refractivity contribution in [2.75, 3.05) is 5.32 Å². The topological polar surface area (TPSA) is 32.3 Å². The lowest BCUT2D eigenvalue weighted by Crippen LogP contribution is -2.16. The van der Waals surface area contributed by atoms with E-state index in [1.807, 2.05) is 30.3 Å². The first-order valence-corrected chi connectivity index (χ1v) is 6.23. The maximum Gasteiger partial charge on any atom is 0.123 e. The summed E-state index contributed by atoms with van der Waals surface area (Å²) in [5, 5.41) is 15.3. The number of rotatable bonds is 4. The second-order valence-electron chi connectivity index (χ2n) is 4.34. The molecule has 2 rings (SSSR count). The molecular formula is C15H19NO. The average molecular weight is 229 g/mol. The van der Waals surface area contributed by atoms with Gasteiger partial charge in [0.05, 0.1) is 0 Å². The van der Waals surface area contributed by atoms with E-state index in [1.54, 1.807) is 6.07 Å². The maximum atomic E-state index is 9.82. The molecule has 0 aliphatic rings. The molecule has 0 atom stereocenters. The molecule has 0 saturated carbocycles. The Labute approximate surface area is 102 Å². The molecule has 0 saturated heterocycles. The van der Waals surface area contributed by atoms with Crippen molar-refractivity contribution in [1.82, 2.24) is 0 Å². The molecule has 0 spiro atoms. The molecule has 0 radical (unpaired) electrons. The van der Waals surface area contributed by atoms with Gasteiger partial charge in [-0.05, 0) is 25.0 Å². The molecule has 0 aromatic heterocycles. The van der Waals surface area contributed by atoms with Gasteiger partial charge in [-0.15, -0.1) is 0 Å². The Morgan fingerprint density at radius 1 is 1.00 bits per heavy atom. The normalized spacial score (nSPS) is 11.0. The maximum absolute atomic E-state index is 9.82. The third kappa shape index (κ3) is 2.36.